The number of oxime groups is 1. The maximum Gasteiger partial charge on any atom is 0.141 e. The first-order valence-electron chi connectivity index (χ1n) is 5.06. The molecule has 0 bridgehead atoms. The van der Waals surface area contributed by atoms with Crippen molar-refractivity contribution in [2.45, 2.75) is 6.61 Å². The standard InChI is InChI=1S/C11H10ClN3O2S/c1-16-13-6-8-4-2-3-5-10(8)17-7-9-11(12)18-15-14-9/h2-6H,7H2,1H3/b13-6-. The van der Waals surface area contributed by atoms with Crippen LogP contribution in [-0.2, 0) is 11.4 Å². The van der Waals surface area contributed by atoms with E-state index in [0.29, 0.717) is 15.8 Å². The van der Waals surface area contributed by atoms with Gasteiger partial charge in [0.15, 0.2) is 0 Å². The fourth-order valence-corrected chi connectivity index (χ4v) is 1.86. The van der Waals surface area contributed by atoms with Crippen LogP contribution < -0.4 is 4.74 Å². The van der Waals surface area contributed by atoms with Crippen LogP contribution in [0, 0.1) is 0 Å². The van der Waals surface area contributed by atoms with Gasteiger partial charge in [-0.2, -0.15) is 0 Å². The highest BCUT2D eigenvalue weighted by Crippen LogP contribution is 2.21. The van der Waals surface area contributed by atoms with Gasteiger partial charge in [-0.05, 0) is 12.1 Å². The van der Waals surface area contributed by atoms with E-state index in [-0.39, 0.29) is 6.61 Å². The number of halogens is 1. The number of benzene rings is 1. The quantitative estimate of drug-likeness (QED) is 0.625. The van der Waals surface area contributed by atoms with Gasteiger partial charge in [-0.1, -0.05) is 33.4 Å². The van der Waals surface area contributed by atoms with Crippen molar-refractivity contribution in [2.75, 3.05) is 7.11 Å². The normalized spacial score (nSPS) is 10.8. The van der Waals surface area contributed by atoms with Gasteiger partial charge in [-0.15, -0.1) is 5.10 Å². The molecule has 0 aliphatic rings. The van der Waals surface area contributed by atoms with Crippen molar-refractivity contribution in [3.05, 3.63) is 39.9 Å². The third-order valence-corrected chi connectivity index (χ3v) is 3.07. The zero-order valence-electron chi connectivity index (χ0n) is 9.54. The minimum atomic E-state index is 0.271. The molecule has 1 heterocycles. The summed E-state index contributed by atoms with van der Waals surface area (Å²) in [7, 11) is 1.49. The van der Waals surface area contributed by atoms with Gasteiger partial charge in [0.05, 0.1) is 6.21 Å². The van der Waals surface area contributed by atoms with Gasteiger partial charge in [-0.3, -0.25) is 0 Å². The Morgan fingerprint density at radius 3 is 3.00 bits per heavy atom. The van der Waals surface area contributed by atoms with Gasteiger partial charge in [0, 0.05) is 17.1 Å². The van der Waals surface area contributed by atoms with Crippen LogP contribution in [0.25, 0.3) is 0 Å². The topological polar surface area (TPSA) is 56.6 Å². The summed E-state index contributed by atoms with van der Waals surface area (Å²) in [6.45, 7) is 0.271. The smallest absolute Gasteiger partial charge is 0.141 e. The molecule has 1 aromatic heterocycles. The monoisotopic (exact) mass is 283 g/mol. The molecule has 2 rings (SSSR count). The Hall–Kier alpha value is -1.66. The predicted molar refractivity (Wildman–Crippen MR) is 70.3 cm³/mol. The van der Waals surface area contributed by atoms with E-state index in [0.717, 1.165) is 17.1 Å². The van der Waals surface area contributed by atoms with Crippen LogP contribution in [-0.4, -0.2) is 22.9 Å². The van der Waals surface area contributed by atoms with Crippen molar-refractivity contribution < 1.29 is 9.57 Å². The number of rotatable bonds is 5. The fraction of sp³-hybridized carbons (Fsp3) is 0.182. The average molecular weight is 284 g/mol. The van der Waals surface area contributed by atoms with Gasteiger partial charge >= 0.3 is 0 Å². The van der Waals surface area contributed by atoms with Crippen molar-refractivity contribution >= 4 is 29.3 Å². The van der Waals surface area contributed by atoms with Crippen LogP contribution in [0.4, 0.5) is 0 Å². The van der Waals surface area contributed by atoms with E-state index in [1.165, 1.54) is 7.11 Å². The summed E-state index contributed by atoms with van der Waals surface area (Å²) in [5.41, 5.74) is 1.44. The molecule has 0 atom stereocenters. The Bertz CT molecular complexity index is 545. The summed E-state index contributed by atoms with van der Waals surface area (Å²) < 4.78 is 9.91. The van der Waals surface area contributed by atoms with Crippen LogP contribution in [0.1, 0.15) is 11.3 Å². The fourth-order valence-electron chi connectivity index (χ4n) is 1.26. The van der Waals surface area contributed by atoms with Crippen LogP contribution in [0.5, 0.6) is 5.75 Å². The molecule has 0 saturated carbocycles. The number of hydrogen-bond acceptors (Lipinski definition) is 6. The Balaban J connectivity index is 2.09. The molecule has 0 aliphatic heterocycles. The Morgan fingerprint density at radius 2 is 2.28 bits per heavy atom. The summed E-state index contributed by atoms with van der Waals surface area (Å²) in [6.07, 6.45) is 1.58. The Kier molecular flexibility index (Phi) is 4.49. The molecule has 0 spiro atoms. The summed E-state index contributed by atoms with van der Waals surface area (Å²) in [5, 5.41) is 7.58. The summed E-state index contributed by atoms with van der Waals surface area (Å²) >= 11 is 7.03. The molecular weight excluding hydrogens is 274 g/mol. The molecular formula is C11H10ClN3O2S. The third kappa shape index (κ3) is 3.18. The highest BCUT2D eigenvalue weighted by atomic mass is 35.5. The highest BCUT2D eigenvalue weighted by Gasteiger charge is 2.07. The second kappa shape index (κ2) is 6.32. The molecule has 1 aromatic carbocycles. The third-order valence-electron chi connectivity index (χ3n) is 2.09. The van der Waals surface area contributed by atoms with Crippen LogP contribution in [0.2, 0.25) is 4.34 Å². The van der Waals surface area contributed by atoms with Crippen LogP contribution in [0.3, 0.4) is 0 Å². The minimum Gasteiger partial charge on any atom is -0.486 e. The second-order valence-electron chi connectivity index (χ2n) is 3.24. The maximum atomic E-state index is 5.90. The average Bonchev–Trinajstić information content (AvgIpc) is 2.80. The lowest BCUT2D eigenvalue weighted by atomic mass is 10.2. The molecule has 0 N–H and O–H groups in total. The molecule has 2 aromatic rings. The minimum absolute atomic E-state index is 0.271. The van der Waals surface area contributed by atoms with Crippen molar-refractivity contribution in [2.24, 2.45) is 5.16 Å². The lowest BCUT2D eigenvalue weighted by Gasteiger charge is -2.06. The largest absolute Gasteiger partial charge is 0.486 e. The molecule has 7 heteroatoms. The molecule has 0 aliphatic carbocycles. The van der Waals surface area contributed by atoms with Crippen molar-refractivity contribution in [3.63, 3.8) is 0 Å². The van der Waals surface area contributed by atoms with E-state index in [1.54, 1.807) is 6.21 Å². The van der Waals surface area contributed by atoms with Gasteiger partial charge < -0.3 is 9.57 Å². The van der Waals surface area contributed by atoms with Crippen LogP contribution >= 0.6 is 23.1 Å². The predicted octanol–water partition coefficient (Wildman–Crippen LogP) is 2.75. The number of ether oxygens (including phenoxy) is 1. The Morgan fingerprint density at radius 1 is 1.44 bits per heavy atom. The van der Waals surface area contributed by atoms with E-state index in [1.807, 2.05) is 24.3 Å². The van der Waals surface area contributed by atoms with E-state index in [9.17, 15) is 0 Å². The van der Waals surface area contributed by atoms with Gasteiger partial charge in [0.1, 0.15) is 29.5 Å². The van der Waals surface area contributed by atoms with E-state index >= 15 is 0 Å². The second-order valence-corrected chi connectivity index (χ2v) is 4.59. The lowest BCUT2D eigenvalue weighted by Crippen LogP contribution is -1.99. The van der Waals surface area contributed by atoms with Gasteiger partial charge in [0.2, 0.25) is 0 Å². The number of hydrogen-bond donors (Lipinski definition) is 0. The van der Waals surface area contributed by atoms with Gasteiger partial charge in [0.25, 0.3) is 0 Å². The SMILES string of the molecule is CO/N=C\c1ccccc1OCc1nnsc1Cl. The highest BCUT2D eigenvalue weighted by molar-refractivity contribution is 7.10. The Labute approximate surface area is 113 Å². The van der Waals surface area contributed by atoms with Crippen molar-refractivity contribution in [1.29, 1.82) is 0 Å². The first kappa shape index (κ1) is 12.8. The zero-order valence-corrected chi connectivity index (χ0v) is 11.1. The van der Waals surface area contributed by atoms with Crippen molar-refractivity contribution in [1.82, 2.24) is 9.59 Å². The first-order chi connectivity index (χ1) is 8.81. The number of aromatic nitrogens is 2. The van der Waals surface area contributed by atoms with E-state index in [4.69, 9.17) is 16.3 Å². The molecule has 5 nitrogen and oxygen atoms in total. The molecule has 0 fully saturated rings. The first-order valence-corrected chi connectivity index (χ1v) is 6.21. The molecule has 0 amide bonds. The maximum absolute atomic E-state index is 5.90. The van der Waals surface area contributed by atoms with Crippen molar-refractivity contribution in [3.8, 4) is 5.75 Å². The van der Waals surface area contributed by atoms with Crippen LogP contribution in [0.15, 0.2) is 29.4 Å². The summed E-state index contributed by atoms with van der Waals surface area (Å²) in [4.78, 5) is 4.64. The molecule has 18 heavy (non-hydrogen) atoms. The summed E-state index contributed by atoms with van der Waals surface area (Å²) in [6, 6.07) is 7.48. The molecule has 0 unspecified atom stereocenters. The number of para-hydroxylation sites is 1. The molecule has 0 saturated heterocycles. The number of nitrogens with zero attached hydrogens (tertiary/aromatic N) is 3. The zero-order chi connectivity index (χ0) is 12.8. The van der Waals surface area contributed by atoms with Gasteiger partial charge in [-0.25, -0.2) is 0 Å². The van der Waals surface area contributed by atoms with E-state index < -0.39 is 0 Å². The molecule has 94 valence electrons. The van der Waals surface area contributed by atoms with E-state index in [2.05, 4.69) is 19.6 Å². The lowest BCUT2D eigenvalue weighted by molar-refractivity contribution is 0.215. The summed E-state index contributed by atoms with van der Waals surface area (Å²) in [5.74, 6) is 0.683. The molecule has 0 radical (unpaired) electrons.